The van der Waals surface area contributed by atoms with Crippen LogP contribution in [0.1, 0.15) is 43.7 Å². The van der Waals surface area contributed by atoms with E-state index in [-0.39, 0.29) is 48.3 Å². The fraction of sp³-hybridized carbons (Fsp3) is 0.273. The predicted octanol–water partition coefficient (Wildman–Crippen LogP) is 3.28. The zero-order valence-electron chi connectivity index (χ0n) is 25.1. The Morgan fingerprint density at radius 1 is 1.02 bits per heavy atom. The van der Waals surface area contributed by atoms with Crippen LogP contribution in [0.25, 0.3) is 11.2 Å². The van der Waals surface area contributed by atoms with Crippen molar-refractivity contribution in [3.63, 3.8) is 0 Å². The molecule has 13 heteroatoms. The highest BCUT2D eigenvalue weighted by Crippen LogP contribution is 2.52. The van der Waals surface area contributed by atoms with Gasteiger partial charge in [-0.3, -0.25) is 24.5 Å². The number of rotatable bonds is 7. The Labute approximate surface area is 261 Å². The third kappa shape index (κ3) is 5.13. The Balaban J connectivity index is 1.37. The largest absolute Gasteiger partial charge is 0.508 e. The molecule has 1 aliphatic heterocycles. The number of aliphatic hydroxyl groups is 1. The number of anilines is 2. The molecule has 234 valence electrons. The summed E-state index contributed by atoms with van der Waals surface area (Å²) in [7, 11) is 0. The number of para-hydroxylation sites is 1. The van der Waals surface area contributed by atoms with Crippen molar-refractivity contribution in [1.29, 1.82) is 0 Å². The summed E-state index contributed by atoms with van der Waals surface area (Å²) < 4.78 is 7.38. The van der Waals surface area contributed by atoms with E-state index in [2.05, 4.69) is 24.9 Å². The number of fused-ring (bicyclic) bond motifs is 2. The zero-order valence-corrected chi connectivity index (χ0v) is 25.1. The number of aromatic hydroxyl groups is 1. The molecule has 3 aromatic heterocycles. The number of Topliss-reactive ketones (excluding diaryl/α,β-unsaturated/α-hetero) is 1. The number of ketones is 1. The monoisotopic (exact) mass is 621 g/mol. The smallest absolute Gasteiger partial charge is 0.327 e. The molecule has 2 atom stereocenters. The summed E-state index contributed by atoms with van der Waals surface area (Å²) in [6, 6.07) is 15.6. The lowest BCUT2D eigenvalue weighted by atomic mass is 9.68. The number of hydrogen-bond donors (Lipinski definition) is 4. The molecule has 1 aliphatic carbocycles. The molecular weight excluding hydrogens is 590 g/mol. The molecule has 0 radical (unpaired) electrons. The molecule has 0 amide bonds. The van der Waals surface area contributed by atoms with Gasteiger partial charge in [-0.1, -0.05) is 44.2 Å². The minimum atomic E-state index is -0.893. The number of aromatic amines is 2. The average Bonchev–Trinajstić information content (AvgIpc) is 3.42. The van der Waals surface area contributed by atoms with Crippen molar-refractivity contribution in [2.75, 3.05) is 11.5 Å². The lowest BCUT2D eigenvalue weighted by molar-refractivity contribution is -0.118. The molecule has 4 heterocycles. The number of benzene rings is 2. The Morgan fingerprint density at radius 3 is 2.61 bits per heavy atom. The zero-order chi connectivity index (χ0) is 32.2. The first kappa shape index (κ1) is 29.2. The molecule has 4 N–H and O–H groups in total. The van der Waals surface area contributed by atoms with Gasteiger partial charge in [-0.15, -0.1) is 0 Å². The fourth-order valence-corrected chi connectivity index (χ4v) is 6.46. The van der Waals surface area contributed by atoms with Gasteiger partial charge in [-0.2, -0.15) is 0 Å². The topological polar surface area (TPSA) is 179 Å². The van der Waals surface area contributed by atoms with E-state index < -0.39 is 28.7 Å². The lowest BCUT2D eigenvalue weighted by Crippen LogP contribution is -2.42. The van der Waals surface area contributed by atoms with Gasteiger partial charge < -0.3 is 19.5 Å². The van der Waals surface area contributed by atoms with Crippen LogP contribution < -0.4 is 20.9 Å². The van der Waals surface area contributed by atoms with Gasteiger partial charge in [0.2, 0.25) is 0 Å². The van der Waals surface area contributed by atoms with Gasteiger partial charge in [0, 0.05) is 23.6 Å². The Bertz CT molecular complexity index is 2130. The van der Waals surface area contributed by atoms with Crippen molar-refractivity contribution in [1.82, 2.24) is 29.5 Å². The number of hydrogen-bond acceptors (Lipinski definition) is 10. The molecule has 46 heavy (non-hydrogen) atoms. The molecular formula is C33H31N7O6. The van der Waals surface area contributed by atoms with Crippen LogP contribution in [-0.2, 0) is 11.3 Å². The summed E-state index contributed by atoms with van der Waals surface area (Å²) in [5.74, 6) is 0.0103. The van der Waals surface area contributed by atoms with Crippen LogP contribution in [0.5, 0.6) is 11.5 Å². The summed E-state index contributed by atoms with van der Waals surface area (Å²) >= 11 is 0. The van der Waals surface area contributed by atoms with Crippen molar-refractivity contribution < 1.29 is 19.7 Å². The maximum absolute atomic E-state index is 14.0. The average molecular weight is 622 g/mol. The maximum atomic E-state index is 14.0. The van der Waals surface area contributed by atoms with Crippen LogP contribution >= 0.6 is 0 Å². The van der Waals surface area contributed by atoms with Crippen molar-refractivity contribution in [2.24, 2.45) is 5.41 Å². The van der Waals surface area contributed by atoms with Gasteiger partial charge >= 0.3 is 5.69 Å². The second kappa shape index (κ2) is 11.1. The molecule has 0 spiro atoms. The van der Waals surface area contributed by atoms with Crippen LogP contribution in [0.3, 0.4) is 0 Å². The van der Waals surface area contributed by atoms with Crippen molar-refractivity contribution in [3.8, 4) is 11.5 Å². The molecule has 0 saturated carbocycles. The number of aliphatic hydroxyl groups excluding tert-OH is 1. The molecule has 5 aromatic rings. The van der Waals surface area contributed by atoms with Crippen LogP contribution in [0.4, 0.5) is 11.6 Å². The summed E-state index contributed by atoms with van der Waals surface area (Å²) in [6.07, 6.45) is 2.63. The highest BCUT2D eigenvalue weighted by Gasteiger charge is 2.46. The molecule has 2 aliphatic rings. The van der Waals surface area contributed by atoms with Crippen molar-refractivity contribution in [3.05, 3.63) is 110 Å². The van der Waals surface area contributed by atoms with E-state index in [1.807, 2.05) is 32.0 Å². The standard InChI is InChI=1S/C33H31N7O6/c1-33(2)12-22-25(23(43)13-33)24(18-7-6-8-19(41)11-18)26-28(37-32(45)38-31(26)44)40(22)30-27-29(34-16-35-30)39(17-36-27)14-20(42)15-46-21-9-4-3-5-10-21/h3-11,16-17,20,24,41-42H,12-15H2,1-2H3,(H2,37,38,44,45). The summed E-state index contributed by atoms with van der Waals surface area (Å²) in [5.41, 5.74) is 0.499. The predicted molar refractivity (Wildman–Crippen MR) is 168 cm³/mol. The number of imidazole rings is 1. The normalized spacial score (nSPS) is 17.9. The number of allylic oxidation sites excluding steroid dienone is 2. The molecule has 0 saturated heterocycles. The Kier molecular flexibility index (Phi) is 7.04. The fourth-order valence-electron chi connectivity index (χ4n) is 6.46. The number of carbonyl (C=O) groups excluding carboxylic acids is 1. The van der Waals surface area contributed by atoms with Gasteiger partial charge in [-0.25, -0.2) is 19.7 Å². The number of nitrogens with zero attached hydrogens (tertiary/aromatic N) is 5. The first-order chi connectivity index (χ1) is 22.1. The number of nitrogens with one attached hydrogen (secondary N) is 2. The third-order valence-electron chi connectivity index (χ3n) is 8.32. The van der Waals surface area contributed by atoms with E-state index in [1.165, 1.54) is 24.8 Å². The quantitative estimate of drug-likeness (QED) is 0.211. The molecule has 13 nitrogen and oxygen atoms in total. The Hall–Kier alpha value is -5.56. The first-order valence-corrected chi connectivity index (χ1v) is 14.8. The number of H-pyrrole nitrogens is 2. The van der Waals surface area contributed by atoms with E-state index in [0.29, 0.717) is 40.2 Å². The van der Waals surface area contributed by atoms with Crippen molar-refractivity contribution >= 4 is 28.6 Å². The number of ether oxygens (including phenoxy) is 1. The third-order valence-corrected chi connectivity index (χ3v) is 8.32. The second-order valence-electron chi connectivity index (χ2n) is 12.4. The molecule has 0 bridgehead atoms. The van der Waals surface area contributed by atoms with E-state index >= 15 is 0 Å². The van der Waals surface area contributed by atoms with Crippen LogP contribution in [0.15, 0.2) is 88.1 Å². The first-order valence-electron chi connectivity index (χ1n) is 14.8. The highest BCUT2D eigenvalue weighted by atomic mass is 16.5. The number of phenolic OH excluding ortho intramolecular Hbond substituents is 1. The highest BCUT2D eigenvalue weighted by molar-refractivity contribution is 6.03. The lowest BCUT2D eigenvalue weighted by Gasteiger charge is -2.43. The van der Waals surface area contributed by atoms with Gasteiger partial charge in [0.05, 0.1) is 18.4 Å². The summed E-state index contributed by atoms with van der Waals surface area (Å²) in [6.45, 7) is 4.12. The van der Waals surface area contributed by atoms with Gasteiger partial charge in [0.25, 0.3) is 5.56 Å². The van der Waals surface area contributed by atoms with E-state index in [9.17, 15) is 24.6 Å². The molecule has 0 fully saturated rings. The second-order valence-corrected chi connectivity index (χ2v) is 12.4. The minimum absolute atomic E-state index is 0.0209. The number of carbonyl (C=O) groups is 1. The minimum Gasteiger partial charge on any atom is -0.508 e. The molecule has 2 aromatic carbocycles. The van der Waals surface area contributed by atoms with E-state index in [4.69, 9.17) is 4.74 Å². The van der Waals surface area contributed by atoms with Crippen LogP contribution in [0.2, 0.25) is 0 Å². The maximum Gasteiger partial charge on any atom is 0.327 e. The summed E-state index contributed by atoms with van der Waals surface area (Å²) in [5, 5.41) is 21.1. The molecule has 2 unspecified atom stereocenters. The summed E-state index contributed by atoms with van der Waals surface area (Å²) in [4.78, 5) is 60.7. The van der Waals surface area contributed by atoms with Gasteiger partial charge in [0.15, 0.2) is 22.8 Å². The van der Waals surface area contributed by atoms with Crippen LogP contribution in [0, 0.1) is 5.41 Å². The van der Waals surface area contributed by atoms with Crippen molar-refractivity contribution in [2.45, 2.75) is 45.3 Å². The van der Waals surface area contributed by atoms with E-state index in [0.717, 1.165) is 0 Å². The van der Waals surface area contributed by atoms with Gasteiger partial charge in [0.1, 0.15) is 36.4 Å². The Morgan fingerprint density at radius 2 is 1.83 bits per heavy atom. The van der Waals surface area contributed by atoms with E-state index in [1.54, 1.807) is 33.7 Å². The van der Waals surface area contributed by atoms with Crippen LogP contribution in [-0.4, -0.2) is 58.2 Å². The molecule has 7 rings (SSSR count). The number of aromatic nitrogens is 6. The SMILES string of the molecule is CC1(C)CC(=O)C2=C(C1)N(c1ncnc3c1ncn3CC(O)COc1ccccc1)c1[nH]c(=O)[nH]c(=O)c1C2c1cccc(O)c1. The van der Waals surface area contributed by atoms with Gasteiger partial charge in [-0.05, 0) is 41.7 Å². The number of phenols is 1.